The van der Waals surface area contributed by atoms with Crippen LogP contribution >= 0.6 is 15.9 Å². The van der Waals surface area contributed by atoms with Crippen molar-refractivity contribution in [2.45, 2.75) is 38.3 Å². The Morgan fingerprint density at radius 1 is 1.38 bits per heavy atom. The number of nitrogens with zero attached hydrogens (tertiary/aromatic N) is 1. The summed E-state index contributed by atoms with van der Waals surface area (Å²) in [6.45, 7) is 7.37. The van der Waals surface area contributed by atoms with Crippen molar-refractivity contribution >= 4 is 15.9 Å². The maximum atomic E-state index is 5.88. The first-order chi connectivity index (χ1) is 10.2. The molecule has 1 heterocycles. The summed E-state index contributed by atoms with van der Waals surface area (Å²) < 4.78 is 7.07. The van der Waals surface area contributed by atoms with Gasteiger partial charge in [-0.25, -0.2) is 0 Å². The van der Waals surface area contributed by atoms with Gasteiger partial charge in [0.1, 0.15) is 0 Å². The van der Waals surface area contributed by atoms with E-state index in [4.69, 9.17) is 4.74 Å². The molecule has 1 N–H and O–H groups in total. The van der Waals surface area contributed by atoms with E-state index >= 15 is 0 Å². The highest BCUT2D eigenvalue weighted by molar-refractivity contribution is 9.10. The Labute approximate surface area is 136 Å². The lowest BCUT2D eigenvalue weighted by Gasteiger charge is -2.34. The number of ether oxygens (including phenoxy) is 1. The average Bonchev–Trinajstić information content (AvgIpc) is 2.53. The van der Waals surface area contributed by atoms with Crippen LogP contribution in [0.5, 0.6) is 0 Å². The molecule has 0 aromatic heterocycles. The van der Waals surface area contributed by atoms with Crippen LogP contribution in [0.1, 0.15) is 24.5 Å². The fraction of sp³-hybridized carbons (Fsp3) is 0.647. The number of fused-ring (bicyclic) bond motifs is 1. The van der Waals surface area contributed by atoms with Crippen LogP contribution in [0.25, 0.3) is 0 Å². The molecule has 1 aromatic carbocycles. The van der Waals surface area contributed by atoms with Gasteiger partial charge in [0.25, 0.3) is 0 Å². The van der Waals surface area contributed by atoms with Crippen molar-refractivity contribution in [3.05, 3.63) is 33.8 Å². The second-order valence-corrected chi connectivity index (χ2v) is 7.06. The number of likely N-dealkylation sites (N-methyl/N-ethyl adjacent to an activating group) is 1. The zero-order chi connectivity index (χ0) is 14.7. The SMILES string of the molecule is CCN1CCOC(CNC2CCc3cc(Br)ccc3C2)C1. The van der Waals surface area contributed by atoms with E-state index in [-0.39, 0.29) is 0 Å². The molecule has 1 aliphatic carbocycles. The Hall–Kier alpha value is -0.420. The van der Waals surface area contributed by atoms with Crippen molar-refractivity contribution in [1.29, 1.82) is 0 Å². The van der Waals surface area contributed by atoms with Crippen molar-refractivity contribution < 1.29 is 4.74 Å². The maximum Gasteiger partial charge on any atom is 0.0826 e. The molecule has 0 saturated carbocycles. The van der Waals surface area contributed by atoms with Crippen molar-refractivity contribution in [3.8, 4) is 0 Å². The molecule has 0 bridgehead atoms. The Bertz CT molecular complexity index is 480. The van der Waals surface area contributed by atoms with Crippen LogP contribution in [0.2, 0.25) is 0 Å². The number of rotatable bonds is 4. The number of nitrogens with one attached hydrogen (secondary N) is 1. The lowest BCUT2D eigenvalue weighted by atomic mass is 9.88. The molecular weight excluding hydrogens is 328 g/mol. The van der Waals surface area contributed by atoms with Crippen LogP contribution in [0.3, 0.4) is 0 Å². The molecule has 3 nitrogen and oxygen atoms in total. The molecule has 2 atom stereocenters. The van der Waals surface area contributed by atoms with Crippen LogP contribution in [-0.4, -0.2) is 49.8 Å². The molecular formula is C17H25BrN2O. The summed E-state index contributed by atoms with van der Waals surface area (Å²) >= 11 is 3.56. The third-order valence-corrected chi connectivity index (χ3v) is 5.19. The van der Waals surface area contributed by atoms with Gasteiger partial charge in [-0.1, -0.05) is 28.9 Å². The van der Waals surface area contributed by atoms with Crippen LogP contribution < -0.4 is 5.32 Å². The Morgan fingerprint density at radius 3 is 3.14 bits per heavy atom. The van der Waals surface area contributed by atoms with Gasteiger partial charge < -0.3 is 10.1 Å². The smallest absolute Gasteiger partial charge is 0.0826 e. The number of aryl methyl sites for hydroxylation is 1. The van der Waals surface area contributed by atoms with Crippen LogP contribution in [-0.2, 0) is 17.6 Å². The maximum absolute atomic E-state index is 5.88. The molecule has 1 aromatic rings. The Kier molecular flexibility index (Phi) is 5.33. The Morgan fingerprint density at radius 2 is 2.29 bits per heavy atom. The van der Waals surface area contributed by atoms with Crippen molar-refractivity contribution in [2.75, 3.05) is 32.8 Å². The van der Waals surface area contributed by atoms with E-state index in [2.05, 4.69) is 51.3 Å². The summed E-state index contributed by atoms with van der Waals surface area (Å²) in [5.41, 5.74) is 3.01. The fourth-order valence-electron chi connectivity index (χ4n) is 3.39. The number of halogens is 1. The summed E-state index contributed by atoms with van der Waals surface area (Å²) in [6.07, 6.45) is 3.91. The molecule has 0 spiro atoms. The van der Waals surface area contributed by atoms with Gasteiger partial charge >= 0.3 is 0 Å². The number of hydrogen-bond donors (Lipinski definition) is 1. The van der Waals surface area contributed by atoms with E-state index in [0.29, 0.717) is 12.1 Å². The molecule has 4 heteroatoms. The van der Waals surface area contributed by atoms with Crippen molar-refractivity contribution in [3.63, 3.8) is 0 Å². The fourth-order valence-corrected chi connectivity index (χ4v) is 3.80. The highest BCUT2D eigenvalue weighted by Crippen LogP contribution is 2.24. The van der Waals surface area contributed by atoms with Crippen LogP contribution in [0.15, 0.2) is 22.7 Å². The van der Waals surface area contributed by atoms with Gasteiger partial charge in [-0.15, -0.1) is 0 Å². The molecule has 1 aliphatic heterocycles. The van der Waals surface area contributed by atoms with Gasteiger partial charge in [-0.05, 0) is 49.1 Å². The van der Waals surface area contributed by atoms with Crippen LogP contribution in [0.4, 0.5) is 0 Å². The van der Waals surface area contributed by atoms with E-state index in [0.717, 1.165) is 39.2 Å². The summed E-state index contributed by atoms with van der Waals surface area (Å²) in [4.78, 5) is 2.48. The molecule has 2 aliphatic rings. The van der Waals surface area contributed by atoms with E-state index in [1.807, 2.05) is 0 Å². The van der Waals surface area contributed by atoms with E-state index in [1.165, 1.54) is 28.4 Å². The standard InChI is InChI=1S/C17H25BrN2O/c1-2-20-7-8-21-17(12-20)11-19-16-6-4-13-9-15(18)5-3-14(13)10-16/h3,5,9,16-17,19H,2,4,6-8,10-12H2,1H3. The molecule has 21 heavy (non-hydrogen) atoms. The third kappa shape index (κ3) is 4.07. The minimum Gasteiger partial charge on any atom is -0.374 e. The number of hydrogen-bond acceptors (Lipinski definition) is 3. The molecule has 1 fully saturated rings. The molecule has 0 radical (unpaired) electrons. The average molecular weight is 353 g/mol. The summed E-state index contributed by atoms with van der Waals surface area (Å²) in [6, 6.07) is 7.29. The molecule has 2 unspecified atom stereocenters. The lowest BCUT2D eigenvalue weighted by Crippen LogP contribution is -2.48. The van der Waals surface area contributed by atoms with Crippen LogP contribution in [0, 0.1) is 0 Å². The first-order valence-electron chi connectivity index (χ1n) is 8.09. The van der Waals surface area contributed by atoms with Gasteiger partial charge in [-0.2, -0.15) is 0 Å². The highest BCUT2D eigenvalue weighted by Gasteiger charge is 2.22. The third-order valence-electron chi connectivity index (χ3n) is 4.70. The summed E-state index contributed by atoms with van der Waals surface area (Å²) in [7, 11) is 0. The van der Waals surface area contributed by atoms with Gasteiger partial charge in [0.15, 0.2) is 0 Å². The van der Waals surface area contributed by atoms with E-state index < -0.39 is 0 Å². The predicted octanol–water partition coefficient (Wildman–Crippen LogP) is 2.62. The van der Waals surface area contributed by atoms with Crippen molar-refractivity contribution in [2.24, 2.45) is 0 Å². The predicted molar refractivity (Wildman–Crippen MR) is 89.8 cm³/mol. The zero-order valence-electron chi connectivity index (χ0n) is 12.8. The molecule has 0 amide bonds. The molecule has 116 valence electrons. The number of morpholine rings is 1. The van der Waals surface area contributed by atoms with Gasteiger partial charge in [0.2, 0.25) is 0 Å². The summed E-state index contributed by atoms with van der Waals surface area (Å²) in [5.74, 6) is 0. The first kappa shape index (κ1) is 15.5. The summed E-state index contributed by atoms with van der Waals surface area (Å²) in [5, 5.41) is 3.73. The lowest BCUT2D eigenvalue weighted by molar-refractivity contribution is -0.0265. The first-order valence-corrected chi connectivity index (χ1v) is 8.88. The monoisotopic (exact) mass is 352 g/mol. The number of benzene rings is 1. The minimum atomic E-state index is 0.352. The van der Waals surface area contributed by atoms with Gasteiger partial charge in [-0.3, -0.25) is 4.90 Å². The van der Waals surface area contributed by atoms with E-state index in [1.54, 1.807) is 0 Å². The Balaban J connectivity index is 1.50. The highest BCUT2D eigenvalue weighted by atomic mass is 79.9. The normalized spacial score (nSPS) is 26.6. The van der Waals surface area contributed by atoms with E-state index in [9.17, 15) is 0 Å². The zero-order valence-corrected chi connectivity index (χ0v) is 14.4. The second-order valence-electron chi connectivity index (χ2n) is 6.15. The second kappa shape index (κ2) is 7.23. The quantitative estimate of drug-likeness (QED) is 0.901. The minimum absolute atomic E-state index is 0.352. The molecule has 1 saturated heterocycles. The molecule has 3 rings (SSSR count). The van der Waals surface area contributed by atoms with Gasteiger partial charge in [0, 0.05) is 30.1 Å². The van der Waals surface area contributed by atoms with Crippen molar-refractivity contribution in [1.82, 2.24) is 10.2 Å². The largest absolute Gasteiger partial charge is 0.374 e. The van der Waals surface area contributed by atoms with Gasteiger partial charge in [0.05, 0.1) is 12.7 Å². The topological polar surface area (TPSA) is 24.5 Å².